The lowest BCUT2D eigenvalue weighted by atomic mass is 10.5. The minimum Gasteiger partial charge on any atom is -0.464 e. The Hall–Kier alpha value is -0.910. The molecule has 6 heteroatoms. The summed E-state index contributed by atoms with van der Waals surface area (Å²) in [5.41, 5.74) is 0. The highest BCUT2D eigenvalue weighted by atomic mass is 32.2. The first-order valence-corrected chi connectivity index (χ1v) is 4.12. The van der Waals surface area contributed by atoms with Crippen molar-refractivity contribution in [3.05, 3.63) is 0 Å². The summed E-state index contributed by atoms with van der Waals surface area (Å²) >= 11 is 0. The van der Waals surface area contributed by atoms with Gasteiger partial charge in [-0.05, 0) is 6.42 Å². The fraction of sp³-hybridized carbons (Fsp3) is 0.800. The van der Waals surface area contributed by atoms with Gasteiger partial charge in [-0.15, -0.1) is 0 Å². The van der Waals surface area contributed by atoms with Crippen LogP contribution in [0.3, 0.4) is 0 Å². The molecule has 0 aromatic rings. The highest BCUT2D eigenvalue weighted by Gasteiger charge is 1.98. The van der Waals surface area contributed by atoms with Crippen LogP contribution in [0.2, 0.25) is 0 Å². The molecule has 0 atom stereocenters. The molecule has 64 valence electrons. The van der Waals surface area contributed by atoms with Gasteiger partial charge in [0.25, 0.3) is 0 Å². The summed E-state index contributed by atoms with van der Waals surface area (Å²) in [5.74, 6) is -0.615. The van der Waals surface area contributed by atoms with Gasteiger partial charge in [0.1, 0.15) is 0 Å². The molecular weight excluding hydrogens is 170 g/mol. The Kier molecular flexibility index (Phi) is 5.36. The molecule has 0 unspecified atom stereocenters. The lowest BCUT2D eigenvalue weighted by Crippen LogP contribution is -2.08. The Bertz CT molecular complexity index is 235. The van der Waals surface area contributed by atoms with E-state index in [0.717, 1.165) is 0 Å². The largest absolute Gasteiger partial charge is 0.464 e. The Morgan fingerprint density at radius 2 is 2.18 bits per heavy atom. The molecule has 0 saturated carbocycles. The monoisotopic (exact) mass is 179 g/mol. The third-order valence-corrected chi connectivity index (χ3v) is 1.11. The summed E-state index contributed by atoms with van der Waals surface area (Å²) in [6.07, 6.45) is 0.714. The first-order valence-electron chi connectivity index (χ1n) is 3.09. The topological polar surface area (TPSA) is 72.8 Å². The van der Waals surface area contributed by atoms with E-state index < -0.39 is 23.0 Å². The maximum atomic E-state index is 10.5. The summed E-state index contributed by atoms with van der Waals surface area (Å²) in [4.78, 5) is 10.5. The molecular formula is C5H9NO4S. The van der Waals surface area contributed by atoms with Crippen LogP contribution in [0.15, 0.2) is 4.36 Å². The van der Waals surface area contributed by atoms with Gasteiger partial charge >= 0.3 is 16.5 Å². The van der Waals surface area contributed by atoms with Crippen molar-refractivity contribution in [1.82, 2.24) is 0 Å². The molecule has 0 rings (SSSR count). The van der Waals surface area contributed by atoms with Gasteiger partial charge in [0.2, 0.25) is 0 Å². The highest BCUT2D eigenvalue weighted by molar-refractivity contribution is 7.61. The quantitative estimate of drug-likeness (QED) is 0.569. The standard InChI is InChI=1S/C5H9NO4S/c1-2-3-10-5(7)4-6-11(8)9/h2-4H2,1H3. The third-order valence-electron chi connectivity index (χ3n) is 0.766. The summed E-state index contributed by atoms with van der Waals surface area (Å²) < 4.78 is 27.1. The van der Waals surface area contributed by atoms with Crippen molar-refractivity contribution in [2.45, 2.75) is 13.3 Å². The molecule has 0 aromatic carbocycles. The van der Waals surface area contributed by atoms with E-state index in [-0.39, 0.29) is 0 Å². The molecule has 0 aliphatic rings. The van der Waals surface area contributed by atoms with E-state index in [2.05, 4.69) is 9.10 Å². The van der Waals surface area contributed by atoms with Crippen LogP contribution in [-0.4, -0.2) is 27.5 Å². The van der Waals surface area contributed by atoms with Crippen LogP contribution < -0.4 is 0 Å². The average Bonchev–Trinajstić information content (AvgIpc) is 1.97. The number of ether oxygens (including phenoxy) is 1. The number of hydrogen-bond acceptors (Lipinski definition) is 5. The van der Waals surface area contributed by atoms with Gasteiger partial charge in [0.05, 0.1) is 6.61 Å². The minimum atomic E-state index is -2.52. The lowest BCUT2D eigenvalue weighted by Gasteiger charge is -1.96. The van der Waals surface area contributed by atoms with Gasteiger partial charge in [-0.3, -0.25) is 4.79 Å². The van der Waals surface area contributed by atoms with Crippen LogP contribution >= 0.6 is 0 Å². The molecule has 0 saturated heterocycles. The van der Waals surface area contributed by atoms with Crippen molar-refractivity contribution in [1.29, 1.82) is 0 Å². The van der Waals surface area contributed by atoms with Crippen molar-refractivity contribution in [3.63, 3.8) is 0 Å². The van der Waals surface area contributed by atoms with Crippen molar-refractivity contribution in [2.24, 2.45) is 4.36 Å². The maximum Gasteiger partial charge on any atom is 0.328 e. The minimum absolute atomic E-state index is 0.305. The lowest BCUT2D eigenvalue weighted by molar-refractivity contribution is -0.141. The summed E-state index contributed by atoms with van der Waals surface area (Å²) in [6.45, 7) is 1.73. The van der Waals surface area contributed by atoms with Crippen molar-refractivity contribution in [2.75, 3.05) is 13.2 Å². The van der Waals surface area contributed by atoms with E-state index in [1.165, 1.54) is 0 Å². The van der Waals surface area contributed by atoms with Gasteiger partial charge in [0.15, 0.2) is 6.54 Å². The fourth-order valence-electron chi connectivity index (χ4n) is 0.367. The Labute approximate surface area is 66.1 Å². The van der Waals surface area contributed by atoms with E-state index in [9.17, 15) is 13.2 Å². The number of esters is 1. The van der Waals surface area contributed by atoms with Crippen molar-refractivity contribution < 1.29 is 17.9 Å². The zero-order chi connectivity index (χ0) is 8.69. The highest BCUT2D eigenvalue weighted by Crippen LogP contribution is 1.82. The molecule has 0 fully saturated rings. The van der Waals surface area contributed by atoms with Gasteiger partial charge in [-0.1, -0.05) is 6.92 Å². The van der Waals surface area contributed by atoms with Crippen LogP contribution in [0.5, 0.6) is 0 Å². The molecule has 0 aliphatic heterocycles. The average molecular weight is 179 g/mol. The smallest absolute Gasteiger partial charge is 0.328 e. The van der Waals surface area contributed by atoms with Crippen molar-refractivity contribution >= 4 is 16.5 Å². The van der Waals surface area contributed by atoms with E-state index in [4.69, 9.17) is 0 Å². The summed E-state index contributed by atoms with van der Waals surface area (Å²) in [7, 11) is -2.52. The Morgan fingerprint density at radius 3 is 2.64 bits per heavy atom. The molecule has 0 radical (unpaired) electrons. The SMILES string of the molecule is CCCOC(=O)CN=S(=O)=O. The Balaban J connectivity index is 3.62. The normalized spacial score (nSPS) is 8.82. The number of carbonyl (C=O) groups is 1. The number of hydrogen-bond donors (Lipinski definition) is 0. The molecule has 5 nitrogen and oxygen atoms in total. The van der Waals surface area contributed by atoms with E-state index >= 15 is 0 Å². The second kappa shape index (κ2) is 5.84. The summed E-state index contributed by atoms with van der Waals surface area (Å²) in [6, 6.07) is 0. The van der Waals surface area contributed by atoms with Crippen LogP contribution in [0.4, 0.5) is 0 Å². The molecule has 11 heavy (non-hydrogen) atoms. The van der Waals surface area contributed by atoms with E-state index in [1.807, 2.05) is 6.92 Å². The van der Waals surface area contributed by atoms with E-state index in [1.54, 1.807) is 0 Å². The maximum absolute atomic E-state index is 10.5. The predicted molar refractivity (Wildman–Crippen MR) is 37.5 cm³/mol. The van der Waals surface area contributed by atoms with Crippen LogP contribution in [-0.2, 0) is 20.0 Å². The van der Waals surface area contributed by atoms with Gasteiger partial charge in [-0.25, -0.2) is 0 Å². The molecule has 0 amide bonds. The van der Waals surface area contributed by atoms with Crippen molar-refractivity contribution in [3.8, 4) is 0 Å². The first kappa shape index (κ1) is 10.1. The Morgan fingerprint density at radius 1 is 1.55 bits per heavy atom. The first-order chi connectivity index (χ1) is 5.16. The second-order valence-corrected chi connectivity index (χ2v) is 2.42. The molecule has 0 bridgehead atoms. The molecule has 0 aliphatic carbocycles. The van der Waals surface area contributed by atoms with E-state index in [0.29, 0.717) is 13.0 Å². The zero-order valence-corrected chi connectivity index (χ0v) is 6.93. The second-order valence-electron chi connectivity index (χ2n) is 1.72. The molecule has 0 spiro atoms. The molecule has 0 N–H and O–H groups in total. The van der Waals surface area contributed by atoms with Gasteiger partial charge < -0.3 is 4.74 Å². The number of rotatable bonds is 4. The summed E-state index contributed by atoms with van der Waals surface area (Å²) in [5, 5.41) is 0. The third kappa shape index (κ3) is 6.98. The van der Waals surface area contributed by atoms with Gasteiger partial charge in [-0.2, -0.15) is 12.8 Å². The predicted octanol–water partition coefficient (Wildman–Crippen LogP) is 0.00230. The molecule has 0 heterocycles. The van der Waals surface area contributed by atoms with Crippen LogP contribution in [0.1, 0.15) is 13.3 Å². The van der Waals surface area contributed by atoms with Crippen LogP contribution in [0.25, 0.3) is 0 Å². The zero-order valence-electron chi connectivity index (χ0n) is 6.11. The van der Waals surface area contributed by atoms with Gasteiger partial charge in [0, 0.05) is 0 Å². The number of carbonyl (C=O) groups excluding carboxylic acids is 1. The molecule has 0 aromatic heterocycles. The fourth-order valence-corrected chi connectivity index (χ4v) is 0.578. The number of nitrogens with zero attached hydrogens (tertiary/aromatic N) is 1. The van der Waals surface area contributed by atoms with Crippen LogP contribution in [0, 0.1) is 0 Å².